The third-order valence-electron chi connectivity index (χ3n) is 4.38. The van der Waals surface area contributed by atoms with Crippen molar-refractivity contribution in [2.45, 2.75) is 18.6 Å². The number of carbonyl (C=O) groups is 2. The van der Waals surface area contributed by atoms with Gasteiger partial charge in [0, 0.05) is 12.0 Å². The number of benzene rings is 3. The van der Waals surface area contributed by atoms with Crippen LogP contribution in [0.2, 0.25) is 0 Å². The molecule has 0 unspecified atom stereocenters. The molecule has 0 heterocycles. The van der Waals surface area contributed by atoms with Crippen LogP contribution in [-0.2, 0) is 17.4 Å². The van der Waals surface area contributed by atoms with Crippen molar-refractivity contribution in [3.8, 4) is 0 Å². The largest absolute Gasteiger partial charge is 0.416 e. The van der Waals surface area contributed by atoms with E-state index in [1.807, 2.05) is 24.3 Å². The summed E-state index contributed by atoms with van der Waals surface area (Å²) in [6, 6.07) is 16.0. The van der Waals surface area contributed by atoms with Crippen molar-refractivity contribution in [1.29, 1.82) is 0 Å². The molecular weight excluding hydrogens is 369 g/mol. The van der Waals surface area contributed by atoms with Crippen molar-refractivity contribution in [2.24, 2.45) is 5.73 Å². The van der Waals surface area contributed by atoms with Gasteiger partial charge in [-0.3, -0.25) is 9.59 Å². The van der Waals surface area contributed by atoms with E-state index in [0.29, 0.717) is 11.1 Å². The van der Waals surface area contributed by atoms with Gasteiger partial charge in [0.15, 0.2) is 0 Å². The summed E-state index contributed by atoms with van der Waals surface area (Å²) in [6.07, 6.45) is -4.45. The van der Waals surface area contributed by atoms with E-state index in [-0.39, 0.29) is 6.42 Å². The molecular formula is C21H17F3N2O2. The number of hydrogen-bond acceptors (Lipinski definition) is 2. The average Bonchev–Trinajstić information content (AvgIpc) is 2.66. The van der Waals surface area contributed by atoms with E-state index in [4.69, 9.17) is 5.73 Å². The minimum Gasteiger partial charge on any atom is -0.368 e. The number of nitrogens with two attached hydrogens (primary N) is 1. The van der Waals surface area contributed by atoms with E-state index >= 15 is 0 Å². The standard InChI is InChI=1S/C21H17F3N2O2/c22-21(23,24)17-9-5-13(6-10-17)11-18(19(25)27)26-20(28)16-8-7-14-3-1-2-4-15(14)12-16/h1-10,12,18H,11H2,(H2,25,27)(H,26,28)/t18-/m1/s1. The highest BCUT2D eigenvalue weighted by Crippen LogP contribution is 2.29. The second-order valence-electron chi connectivity index (χ2n) is 6.39. The molecule has 0 aromatic heterocycles. The lowest BCUT2D eigenvalue weighted by Crippen LogP contribution is -2.45. The Balaban J connectivity index is 1.75. The quantitative estimate of drug-likeness (QED) is 0.702. The highest BCUT2D eigenvalue weighted by Gasteiger charge is 2.30. The third kappa shape index (κ3) is 4.49. The number of alkyl halides is 3. The van der Waals surface area contributed by atoms with E-state index in [9.17, 15) is 22.8 Å². The maximum atomic E-state index is 12.6. The Morgan fingerprint density at radius 2 is 1.57 bits per heavy atom. The number of fused-ring (bicyclic) bond motifs is 1. The number of carbonyl (C=O) groups excluding carboxylic acids is 2. The number of amides is 2. The van der Waals surface area contributed by atoms with Gasteiger partial charge < -0.3 is 11.1 Å². The molecule has 3 N–H and O–H groups in total. The van der Waals surface area contributed by atoms with Gasteiger partial charge in [-0.05, 0) is 40.6 Å². The first-order valence-corrected chi connectivity index (χ1v) is 8.49. The predicted octanol–water partition coefficient (Wildman–Crippen LogP) is 3.69. The molecule has 3 aromatic rings. The molecule has 28 heavy (non-hydrogen) atoms. The van der Waals surface area contributed by atoms with E-state index < -0.39 is 29.6 Å². The second-order valence-corrected chi connectivity index (χ2v) is 6.39. The van der Waals surface area contributed by atoms with E-state index in [2.05, 4.69) is 5.32 Å². The van der Waals surface area contributed by atoms with Gasteiger partial charge in [0.05, 0.1) is 5.56 Å². The van der Waals surface area contributed by atoms with Crippen LogP contribution in [0.3, 0.4) is 0 Å². The molecule has 4 nitrogen and oxygen atoms in total. The van der Waals surface area contributed by atoms with Gasteiger partial charge in [-0.2, -0.15) is 13.2 Å². The first kappa shape index (κ1) is 19.4. The molecule has 7 heteroatoms. The van der Waals surface area contributed by atoms with Crippen LogP contribution in [0.15, 0.2) is 66.7 Å². The minimum absolute atomic E-state index is 0.00715. The first-order valence-electron chi connectivity index (χ1n) is 8.49. The Kier molecular flexibility index (Phi) is 5.35. The summed E-state index contributed by atoms with van der Waals surface area (Å²) in [5.74, 6) is -1.25. The van der Waals surface area contributed by atoms with Gasteiger partial charge in [-0.1, -0.05) is 42.5 Å². The lowest BCUT2D eigenvalue weighted by Gasteiger charge is -2.16. The van der Waals surface area contributed by atoms with Crippen molar-refractivity contribution in [3.05, 3.63) is 83.4 Å². The summed E-state index contributed by atoms with van der Waals surface area (Å²) in [4.78, 5) is 24.2. The van der Waals surface area contributed by atoms with Gasteiger partial charge in [-0.15, -0.1) is 0 Å². The molecule has 1 atom stereocenters. The van der Waals surface area contributed by atoms with Crippen LogP contribution in [0.25, 0.3) is 10.8 Å². The third-order valence-corrected chi connectivity index (χ3v) is 4.38. The van der Waals surface area contributed by atoms with Crippen molar-refractivity contribution in [2.75, 3.05) is 0 Å². The number of nitrogens with one attached hydrogen (secondary N) is 1. The molecule has 3 rings (SSSR count). The summed E-state index contributed by atoms with van der Waals surface area (Å²) in [6.45, 7) is 0. The summed E-state index contributed by atoms with van der Waals surface area (Å²) >= 11 is 0. The molecule has 0 aliphatic rings. The summed E-state index contributed by atoms with van der Waals surface area (Å²) < 4.78 is 37.9. The minimum atomic E-state index is -4.44. The molecule has 0 radical (unpaired) electrons. The molecule has 0 spiro atoms. The Labute approximate surface area is 159 Å². The van der Waals surface area contributed by atoms with Gasteiger partial charge in [-0.25, -0.2) is 0 Å². The second kappa shape index (κ2) is 7.72. The van der Waals surface area contributed by atoms with Gasteiger partial charge in [0.25, 0.3) is 5.91 Å². The molecule has 2 amide bonds. The van der Waals surface area contributed by atoms with Crippen LogP contribution in [0.5, 0.6) is 0 Å². The number of primary amides is 1. The summed E-state index contributed by atoms with van der Waals surface area (Å²) in [7, 11) is 0. The number of rotatable bonds is 5. The summed E-state index contributed by atoms with van der Waals surface area (Å²) in [5, 5.41) is 4.39. The van der Waals surface area contributed by atoms with E-state index in [1.165, 1.54) is 12.1 Å². The van der Waals surface area contributed by atoms with Crippen molar-refractivity contribution in [1.82, 2.24) is 5.32 Å². The Morgan fingerprint density at radius 3 is 2.18 bits per heavy atom. The molecule has 0 aliphatic carbocycles. The zero-order valence-electron chi connectivity index (χ0n) is 14.7. The van der Waals surface area contributed by atoms with E-state index in [0.717, 1.165) is 22.9 Å². The maximum Gasteiger partial charge on any atom is 0.416 e. The van der Waals surface area contributed by atoms with Crippen molar-refractivity contribution >= 4 is 22.6 Å². The first-order chi connectivity index (χ1) is 13.2. The van der Waals surface area contributed by atoms with Crippen molar-refractivity contribution < 1.29 is 22.8 Å². The Bertz CT molecular complexity index is 1010. The van der Waals surface area contributed by atoms with Crippen LogP contribution < -0.4 is 11.1 Å². The fourth-order valence-electron chi connectivity index (χ4n) is 2.86. The average molecular weight is 386 g/mol. The predicted molar refractivity (Wildman–Crippen MR) is 99.5 cm³/mol. The zero-order chi connectivity index (χ0) is 20.3. The molecule has 0 fully saturated rings. The fourth-order valence-corrected chi connectivity index (χ4v) is 2.86. The molecule has 0 bridgehead atoms. The SMILES string of the molecule is NC(=O)[C@@H](Cc1ccc(C(F)(F)F)cc1)NC(=O)c1ccc2ccccc2c1. The lowest BCUT2D eigenvalue weighted by atomic mass is 10.0. The van der Waals surface area contributed by atoms with E-state index in [1.54, 1.807) is 18.2 Å². The number of halogens is 3. The smallest absolute Gasteiger partial charge is 0.368 e. The highest BCUT2D eigenvalue weighted by molar-refractivity contribution is 6.00. The molecule has 0 saturated heterocycles. The van der Waals surface area contributed by atoms with Gasteiger partial charge >= 0.3 is 6.18 Å². The van der Waals surface area contributed by atoms with Crippen LogP contribution in [0, 0.1) is 0 Å². The molecule has 3 aromatic carbocycles. The molecule has 144 valence electrons. The normalized spacial score (nSPS) is 12.5. The fraction of sp³-hybridized carbons (Fsp3) is 0.143. The van der Waals surface area contributed by atoms with Crippen LogP contribution in [0.4, 0.5) is 13.2 Å². The summed E-state index contributed by atoms with van der Waals surface area (Å²) in [5.41, 5.74) is 5.39. The lowest BCUT2D eigenvalue weighted by molar-refractivity contribution is -0.137. The highest BCUT2D eigenvalue weighted by atomic mass is 19.4. The van der Waals surface area contributed by atoms with Crippen LogP contribution in [-0.4, -0.2) is 17.9 Å². The van der Waals surface area contributed by atoms with Gasteiger partial charge in [0.1, 0.15) is 6.04 Å². The molecule has 0 aliphatic heterocycles. The molecule has 0 saturated carbocycles. The van der Waals surface area contributed by atoms with Gasteiger partial charge in [0.2, 0.25) is 5.91 Å². The Hall–Kier alpha value is -3.35. The van der Waals surface area contributed by atoms with Crippen LogP contribution in [0.1, 0.15) is 21.5 Å². The van der Waals surface area contributed by atoms with Crippen molar-refractivity contribution in [3.63, 3.8) is 0 Å². The monoisotopic (exact) mass is 386 g/mol. The number of hydrogen-bond donors (Lipinski definition) is 2. The Morgan fingerprint density at radius 1 is 0.929 bits per heavy atom. The zero-order valence-corrected chi connectivity index (χ0v) is 14.7. The van der Waals surface area contributed by atoms with Crippen LogP contribution >= 0.6 is 0 Å². The maximum absolute atomic E-state index is 12.6. The topological polar surface area (TPSA) is 72.2 Å².